The molecule has 1 aromatic rings. The fourth-order valence-electron chi connectivity index (χ4n) is 3.52. The van der Waals surface area contributed by atoms with Gasteiger partial charge in [-0.1, -0.05) is 44.2 Å². The molecule has 1 amide bonds. The molecule has 1 aliphatic heterocycles. The topological polar surface area (TPSA) is 166 Å². The summed E-state index contributed by atoms with van der Waals surface area (Å²) in [5.41, 5.74) is 4.51. The number of likely N-dealkylation sites (tertiary alicyclic amines) is 1. The molecule has 0 aliphatic carbocycles. The lowest BCUT2D eigenvalue weighted by molar-refractivity contribution is -0.160. The maximum Gasteiger partial charge on any atom is 0.351 e. The molecule has 31 heavy (non-hydrogen) atoms. The Hall–Kier alpha value is -2.42. The van der Waals surface area contributed by atoms with Gasteiger partial charge in [0.2, 0.25) is 5.91 Å². The number of carboxylic acid groups (broad SMARTS) is 1. The van der Waals surface area contributed by atoms with Crippen molar-refractivity contribution in [3.63, 3.8) is 0 Å². The number of amides is 1. The number of nitrogens with zero attached hydrogens (tertiary/aromatic N) is 1. The number of aryl methyl sites for hydroxylation is 1. The Morgan fingerprint density at radius 1 is 1.32 bits per heavy atom. The normalized spacial score (nSPS) is 18.8. The molecule has 10 nitrogen and oxygen atoms in total. The minimum atomic E-state index is -4.56. The largest absolute Gasteiger partial charge is 0.479 e. The van der Waals surface area contributed by atoms with Gasteiger partial charge in [-0.05, 0) is 17.9 Å². The van der Waals surface area contributed by atoms with Crippen molar-refractivity contribution in [2.24, 2.45) is 11.7 Å². The van der Waals surface area contributed by atoms with E-state index in [-0.39, 0.29) is 39.7 Å². The minimum Gasteiger partial charge on any atom is -0.479 e. The third-order valence-corrected chi connectivity index (χ3v) is 7.42. The van der Waals surface area contributed by atoms with Crippen LogP contribution in [0.1, 0.15) is 40.1 Å². The van der Waals surface area contributed by atoms with Crippen molar-refractivity contribution >= 4 is 25.4 Å². The Balaban J connectivity index is 0.00000512. The molecule has 1 fully saturated rings. The molecule has 1 heterocycles. The van der Waals surface area contributed by atoms with Crippen LogP contribution in [0.4, 0.5) is 0 Å². The standard InChI is InChI=1S/C20H31N4O6P.H2/c1-14(2)17(23-16(25)9-8-15-6-4-3-5-7-15)31(28,29)30-20(18(26)27)10-12-24(13-11-20)19(21)22;/h3-7,14,17H,8-13H2,1-2H3,(H3,21,22)(H,23,25)(H,26,27)(H,28,29);1H. The molecule has 174 valence electrons. The number of carbonyl (C=O) groups is 2. The van der Waals surface area contributed by atoms with Crippen molar-refractivity contribution in [1.29, 1.82) is 5.41 Å². The molecular weight excluding hydrogens is 423 g/mol. The van der Waals surface area contributed by atoms with Gasteiger partial charge < -0.3 is 26.0 Å². The third kappa shape index (κ3) is 6.53. The number of rotatable bonds is 9. The third-order valence-electron chi connectivity index (χ3n) is 5.38. The van der Waals surface area contributed by atoms with Crippen LogP contribution in [-0.4, -0.2) is 57.2 Å². The van der Waals surface area contributed by atoms with Crippen molar-refractivity contribution in [2.75, 3.05) is 13.1 Å². The van der Waals surface area contributed by atoms with Crippen molar-refractivity contribution < 1.29 is 30.1 Å². The van der Waals surface area contributed by atoms with Crippen LogP contribution >= 0.6 is 7.60 Å². The van der Waals surface area contributed by atoms with Gasteiger partial charge in [0.25, 0.3) is 0 Å². The molecule has 0 bridgehead atoms. The smallest absolute Gasteiger partial charge is 0.351 e. The Kier molecular flexibility index (Phi) is 8.22. The molecule has 6 N–H and O–H groups in total. The number of nitrogens with two attached hydrogens (primary N) is 1. The van der Waals surface area contributed by atoms with Gasteiger partial charge in [-0.15, -0.1) is 0 Å². The van der Waals surface area contributed by atoms with Crippen LogP contribution in [0.25, 0.3) is 0 Å². The summed E-state index contributed by atoms with van der Waals surface area (Å²) in [7, 11) is -4.56. The summed E-state index contributed by atoms with van der Waals surface area (Å²) in [5, 5.41) is 19.8. The van der Waals surface area contributed by atoms with E-state index in [1.165, 1.54) is 4.90 Å². The molecule has 2 rings (SSSR count). The first kappa shape index (κ1) is 24.8. The number of nitrogens with one attached hydrogen (secondary N) is 2. The van der Waals surface area contributed by atoms with Gasteiger partial charge in [-0.25, -0.2) is 4.79 Å². The monoisotopic (exact) mass is 456 g/mol. The number of carboxylic acids is 1. The van der Waals surface area contributed by atoms with Crippen molar-refractivity contribution in [1.82, 2.24) is 10.2 Å². The summed E-state index contributed by atoms with van der Waals surface area (Å²) in [6.45, 7) is 3.52. The van der Waals surface area contributed by atoms with E-state index in [9.17, 15) is 24.2 Å². The lowest BCUT2D eigenvalue weighted by Gasteiger charge is -2.40. The summed E-state index contributed by atoms with van der Waals surface area (Å²) in [5.74, 6) is -3.70. The first-order chi connectivity index (χ1) is 14.5. The van der Waals surface area contributed by atoms with Crippen LogP contribution in [0.2, 0.25) is 0 Å². The van der Waals surface area contributed by atoms with E-state index in [2.05, 4.69) is 5.32 Å². The number of benzene rings is 1. The molecule has 2 atom stereocenters. The van der Waals surface area contributed by atoms with Gasteiger partial charge in [-0.3, -0.25) is 19.3 Å². The van der Waals surface area contributed by atoms with Crippen molar-refractivity contribution in [3.8, 4) is 0 Å². The van der Waals surface area contributed by atoms with Gasteiger partial charge in [0.1, 0.15) is 5.78 Å². The van der Waals surface area contributed by atoms with Crippen LogP contribution in [-0.2, 0) is 25.1 Å². The fourth-order valence-corrected chi connectivity index (χ4v) is 5.46. The molecule has 1 aliphatic rings. The molecule has 0 saturated carbocycles. The highest BCUT2D eigenvalue weighted by atomic mass is 31.2. The molecular formula is C20H33N4O6P. The summed E-state index contributed by atoms with van der Waals surface area (Å²) < 4.78 is 18.5. The molecule has 0 radical (unpaired) electrons. The van der Waals surface area contributed by atoms with E-state index in [1.807, 2.05) is 30.3 Å². The molecule has 1 aromatic carbocycles. The van der Waals surface area contributed by atoms with Crippen LogP contribution in [0.15, 0.2) is 30.3 Å². The predicted octanol–water partition coefficient (Wildman–Crippen LogP) is 1.98. The maximum absolute atomic E-state index is 13.1. The second-order valence-electron chi connectivity index (χ2n) is 8.07. The lowest BCUT2D eigenvalue weighted by atomic mass is 9.92. The number of carbonyl (C=O) groups excluding carboxylic acids is 1. The zero-order chi connectivity index (χ0) is 23.2. The Morgan fingerprint density at radius 3 is 2.39 bits per heavy atom. The average Bonchev–Trinajstić information content (AvgIpc) is 2.70. The second kappa shape index (κ2) is 10.3. The van der Waals surface area contributed by atoms with Crippen LogP contribution in [0, 0.1) is 11.3 Å². The van der Waals surface area contributed by atoms with Crippen LogP contribution in [0.3, 0.4) is 0 Å². The van der Waals surface area contributed by atoms with Gasteiger partial charge in [0, 0.05) is 33.8 Å². The minimum absolute atomic E-state index is 0. The maximum atomic E-state index is 13.1. The van der Waals surface area contributed by atoms with E-state index < -0.39 is 36.8 Å². The van der Waals surface area contributed by atoms with E-state index in [0.29, 0.717) is 6.42 Å². The molecule has 0 spiro atoms. The van der Waals surface area contributed by atoms with E-state index in [1.54, 1.807) is 13.8 Å². The first-order valence-corrected chi connectivity index (χ1v) is 11.8. The van der Waals surface area contributed by atoms with E-state index in [0.717, 1.165) is 5.56 Å². The van der Waals surface area contributed by atoms with E-state index >= 15 is 0 Å². The van der Waals surface area contributed by atoms with Crippen LogP contribution < -0.4 is 11.1 Å². The van der Waals surface area contributed by atoms with Crippen LogP contribution in [0.5, 0.6) is 0 Å². The predicted molar refractivity (Wildman–Crippen MR) is 118 cm³/mol. The van der Waals surface area contributed by atoms with Crippen molar-refractivity contribution in [2.45, 2.75) is 50.9 Å². The molecule has 0 aromatic heterocycles. The number of aliphatic carboxylic acids is 1. The zero-order valence-corrected chi connectivity index (χ0v) is 18.7. The highest BCUT2D eigenvalue weighted by Crippen LogP contribution is 2.54. The Morgan fingerprint density at radius 2 is 1.90 bits per heavy atom. The van der Waals surface area contributed by atoms with Gasteiger partial charge in [0.05, 0.1) is 0 Å². The van der Waals surface area contributed by atoms with Crippen molar-refractivity contribution in [3.05, 3.63) is 35.9 Å². The Bertz CT molecular complexity index is 846. The van der Waals surface area contributed by atoms with E-state index in [4.69, 9.17) is 15.7 Å². The van der Waals surface area contributed by atoms with Gasteiger partial charge in [-0.2, -0.15) is 0 Å². The highest BCUT2D eigenvalue weighted by molar-refractivity contribution is 7.53. The zero-order valence-electron chi connectivity index (χ0n) is 17.8. The summed E-state index contributed by atoms with van der Waals surface area (Å²) >= 11 is 0. The fraction of sp³-hybridized carbons (Fsp3) is 0.550. The number of hydrogen-bond acceptors (Lipinski definition) is 5. The summed E-state index contributed by atoms with van der Waals surface area (Å²) in [4.78, 5) is 36.6. The lowest BCUT2D eigenvalue weighted by Crippen LogP contribution is -2.54. The quantitative estimate of drug-likeness (QED) is 0.214. The molecule has 11 heteroatoms. The SMILES string of the molecule is CC(C)C(NC(=O)CCc1ccccc1)P(=O)(O)OC1(C(=O)O)CCN(C(=N)N)CC1.[HH]. The molecule has 1 saturated heterocycles. The summed E-state index contributed by atoms with van der Waals surface area (Å²) in [6.07, 6.45) is 0.358. The first-order valence-electron chi connectivity index (χ1n) is 10.2. The second-order valence-corrected chi connectivity index (χ2v) is 9.94. The van der Waals surface area contributed by atoms with Gasteiger partial charge >= 0.3 is 13.6 Å². The summed E-state index contributed by atoms with van der Waals surface area (Å²) in [6, 6.07) is 9.37. The number of piperidine rings is 1. The highest BCUT2D eigenvalue weighted by Gasteiger charge is 2.50. The molecule has 2 unspecified atom stereocenters. The Labute approximate surface area is 183 Å². The number of hydrogen-bond donors (Lipinski definition) is 5. The number of guanidine groups is 1. The van der Waals surface area contributed by atoms with Gasteiger partial charge in [0.15, 0.2) is 11.6 Å². The average molecular weight is 456 g/mol.